The molecule has 3 aromatic heterocycles. The van der Waals surface area contributed by atoms with E-state index >= 15 is 0 Å². The van der Waals surface area contributed by atoms with E-state index in [9.17, 15) is 0 Å². The number of nitrogens with zero attached hydrogens (tertiary/aromatic N) is 3. The van der Waals surface area contributed by atoms with Crippen LogP contribution in [0.2, 0.25) is 0 Å². The van der Waals surface area contributed by atoms with Crippen molar-refractivity contribution in [3.05, 3.63) is 58.2 Å². The fourth-order valence-corrected chi connectivity index (χ4v) is 3.91. The summed E-state index contributed by atoms with van der Waals surface area (Å²) >= 11 is 1.86. The lowest BCUT2D eigenvalue weighted by Crippen LogP contribution is -2.43. The van der Waals surface area contributed by atoms with Gasteiger partial charge in [0.15, 0.2) is 5.96 Å². The molecule has 0 aromatic carbocycles. The minimum Gasteiger partial charge on any atom is -0.357 e. The highest BCUT2D eigenvalue weighted by atomic mass is 127. The van der Waals surface area contributed by atoms with Gasteiger partial charge in [-0.25, -0.2) is 4.98 Å². The first kappa shape index (κ1) is 21.7. The zero-order valence-corrected chi connectivity index (χ0v) is 19.3. The molecule has 3 aromatic rings. The molecule has 1 unspecified atom stereocenters. The van der Waals surface area contributed by atoms with Gasteiger partial charge < -0.3 is 15.0 Å². The number of aliphatic imine (C=N–C) groups is 1. The number of pyridine rings is 1. The van der Waals surface area contributed by atoms with Crippen molar-refractivity contribution in [2.24, 2.45) is 4.99 Å². The van der Waals surface area contributed by atoms with Crippen LogP contribution in [0.4, 0.5) is 0 Å². The molecule has 5 nitrogen and oxygen atoms in total. The first-order chi connectivity index (χ1) is 12.6. The third-order valence-corrected chi connectivity index (χ3v) is 5.11. The van der Waals surface area contributed by atoms with Gasteiger partial charge in [-0.3, -0.25) is 4.99 Å². The van der Waals surface area contributed by atoms with Gasteiger partial charge in [-0.1, -0.05) is 6.07 Å². The molecular formula is C20H28IN5S. The minimum absolute atomic E-state index is 0. The molecule has 1 atom stereocenters. The standard InChI is InChI=1S/C20H27N5S.HI/c1-4-21-20(23-15(2)13-18-9-8-16(3)26-18)22-11-10-17-14-25-12-6-5-7-19(25)24-17;/h5-9,12,14-15H,4,10-11,13H2,1-3H3,(H2,21,22,23);1H. The highest BCUT2D eigenvalue weighted by Gasteiger charge is 2.08. The summed E-state index contributed by atoms with van der Waals surface area (Å²) in [5.74, 6) is 0.872. The van der Waals surface area contributed by atoms with Crippen LogP contribution >= 0.6 is 35.3 Å². The topological polar surface area (TPSA) is 53.7 Å². The van der Waals surface area contributed by atoms with Crippen LogP contribution in [0.5, 0.6) is 0 Å². The maximum Gasteiger partial charge on any atom is 0.191 e. The number of aryl methyl sites for hydroxylation is 1. The maximum absolute atomic E-state index is 4.71. The average Bonchev–Trinajstić information content (AvgIpc) is 3.20. The van der Waals surface area contributed by atoms with E-state index in [1.807, 2.05) is 40.1 Å². The van der Waals surface area contributed by atoms with Crippen molar-refractivity contribution in [3.63, 3.8) is 0 Å². The fourth-order valence-electron chi connectivity index (χ4n) is 2.89. The molecule has 0 radical (unpaired) electrons. The summed E-state index contributed by atoms with van der Waals surface area (Å²) in [5, 5.41) is 6.84. The van der Waals surface area contributed by atoms with Crippen LogP contribution in [-0.4, -0.2) is 34.5 Å². The second kappa shape index (κ2) is 10.7. The number of imidazole rings is 1. The number of guanidine groups is 1. The normalized spacial score (nSPS) is 12.6. The third kappa shape index (κ3) is 6.49. The Balaban J connectivity index is 0.00000261. The van der Waals surface area contributed by atoms with Crippen LogP contribution in [0, 0.1) is 6.92 Å². The van der Waals surface area contributed by atoms with Crippen molar-refractivity contribution in [3.8, 4) is 0 Å². The van der Waals surface area contributed by atoms with Gasteiger partial charge in [-0.05, 0) is 45.0 Å². The van der Waals surface area contributed by atoms with Crippen LogP contribution < -0.4 is 10.6 Å². The van der Waals surface area contributed by atoms with Gasteiger partial charge in [-0.2, -0.15) is 0 Å². The van der Waals surface area contributed by atoms with Gasteiger partial charge in [0.25, 0.3) is 0 Å². The molecule has 146 valence electrons. The summed E-state index contributed by atoms with van der Waals surface area (Å²) < 4.78 is 2.05. The predicted octanol–water partition coefficient (Wildman–Crippen LogP) is 4.05. The molecule has 0 aliphatic heterocycles. The van der Waals surface area contributed by atoms with Crippen molar-refractivity contribution in [2.75, 3.05) is 13.1 Å². The lowest BCUT2D eigenvalue weighted by atomic mass is 10.2. The van der Waals surface area contributed by atoms with E-state index in [1.54, 1.807) is 0 Å². The summed E-state index contributed by atoms with van der Waals surface area (Å²) in [6.45, 7) is 8.00. The minimum atomic E-state index is 0. The summed E-state index contributed by atoms with van der Waals surface area (Å²) in [6.07, 6.45) is 5.94. The quantitative estimate of drug-likeness (QED) is 0.294. The molecule has 0 aliphatic carbocycles. The van der Waals surface area contributed by atoms with Gasteiger partial charge >= 0.3 is 0 Å². The van der Waals surface area contributed by atoms with Crippen molar-refractivity contribution in [1.82, 2.24) is 20.0 Å². The van der Waals surface area contributed by atoms with Gasteiger partial charge in [0, 0.05) is 54.1 Å². The van der Waals surface area contributed by atoms with E-state index in [0.717, 1.165) is 36.7 Å². The largest absolute Gasteiger partial charge is 0.357 e. The SMILES string of the molecule is CCNC(=NCCc1cn2ccccc2n1)NC(C)Cc1ccc(C)s1.I. The van der Waals surface area contributed by atoms with E-state index in [1.165, 1.54) is 9.75 Å². The van der Waals surface area contributed by atoms with Crippen molar-refractivity contribution >= 4 is 46.9 Å². The first-order valence-corrected chi connectivity index (χ1v) is 9.98. The van der Waals surface area contributed by atoms with Crippen molar-refractivity contribution < 1.29 is 0 Å². The number of halogens is 1. The Bertz CT molecular complexity index is 837. The summed E-state index contributed by atoms with van der Waals surface area (Å²) in [7, 11) is 0. The fraction of sp³-hybridized carbons (Fsp3) is 0.400. The number of rotatable bonds is 7. The van der Waals surface area contributed by atoms with Gasteiger partial charge in [0.1, 0.15) is 5.65 Å². The number of hydrogen-bond donors (Lipinski definition) is 2. The molecule has 0 fully saturated rings. The number of thiophene rings is 1. The molecule has 0 bridgehead atoms. The molecule has 2 N–H and O–H groups in total. The smallest absolute Gasteiger partial charge is 0.191 e. The Hall–Kier alpha value is -1.61. The van der Waals surface area contributed by atoms with Crippen LogP contribution in [0.3, 0.4) is 0 Å². The molecule has 0 saturated carbocycles. The molecule has 7 heteroatoms. The van der Waals surface area contributed by atoms with E-state index in [4.69, 9.17) is 4.99 Å². The highest BCUT2D eigenvalue weighted by Crippen LogP contribution is 2.16. The Morgan fingerprint density at radius 1 is 1.30 bits per heavy atom. The monoisotopic (exact) mass is 497 g/mol. The van der Waals surface area contributed by atoms with Crippen LogP contribution in [0.25, 0.3) is 5.65 Å². The average molecular weight is 497 g/mol. The van der Waals surface area contributed by atoms with E-state index in [2.05, 4.69) is 54.7 Å². The molecule has 0 saturated heterocycles. The van der Waals surface area contributed by atoms with Crippen LogP contribution in [-0.2, 0) is 12.8 Å². The molecule has 0 aliphatic rings. The lowest BCUT2D eigenvalue weighted by molar-refractivity contribution is 0.645. The number of aromatic nitrogens is 2. The van der Waals surface area contributed by atoms with E-state index in [0.29, 0.717) is 12.6 Å². The van der Waals surface area contributed by atoms with Crippen LogP contribution in [0.1, 0.15) is 29.3 Å². The molecule has 27 heavy (non-hydrogen) atoms. The predicted molar refractivity (Wildman–Crippen MR) is 126 cm³/mol. The van der Waals surface area contributed by atoms with Crippen molar-refractivity contribution in [2.45, 2.75) is 39.7 Å². The first-order valence-electron chi connectivity index (χ1n) is 9.17. The third-order valence-electron chi connectivity index (χ3n) is 4.08. The molecule has 3 heterocycles. The Morgan fingerprint density at radius 3 is 2.85 bits per heavy atom. The lowest BCUT2D eigenvalue weighted by Gasteiger charge is -2.17. The maximum atomic E-state index is 4.71. The Morgan fingerprint density at radius 2 is 2.15 bits per heavy atom. The number of nitrogens with one attached hydrogen (secondary N) is 2. The highest BCUT2D eigenvalue weighted by molar-refractivity contribution is 14.0. The van der Waals surface area contributed by atoms with E-state index < -0.39 is 0 Å². The van der Waals surface area contributed by atoms with Gasteiger partial charge in [0.05, 0.1) is 5.69 Å². The van der Waals surface area contributed by atoms with Crippen LogP contribution in [0.15, 0.2) is 47.7 Å². The van der Waals surface area contributed by atoms with Gasteiger partial charge in [0.2, 0.25) is 0 Å². The Kier molecular flexibility index (Phi) is 8.56. The second-order valence-corrected chi connectivity index (χ2v) is 7.84. The second-order valence-electron chi connectivity index (χ2n) is 6.47. The van der Waals surface area contributed by atoms with Gasteiger partial charge in [-0.15, -0.1) is 35.3 Å². The summed E-state index contributed by atoms with van der Waals surface area (Å²) in [5.41, 5.74) is 2.05. The number of hydrogen-bond acceptors (Lipinski definition) is 3. The molecular weight excluding hydrogens is 469 g/mol. The summed E-state index contributed by atoms with van der Waals surface area (Å²) in [4.78, 5) is 12.1. The number of fused-ring (bicyclic) bond motifs is 1. The molecule has 3 rings (SSSR count). The van der Waals surface area contributed by atoms with E-state index in [-0.39, 0.29) is 24.0 Å². The zero-order chi connectivity index (χ0) is 18.4. The molecule has 0 amide bonds. The van der Waals surface area contributed by atoms with Crippen molar-refractivity contribution in [1.29, 1.82) is 0 Å². The zero-order valence-electron chi connectivity index (χ0n) is 16.1. The Labute approximate surface area is 182 Å². The molecule has 0 spiro atoms. The summed E-state index contributed by atoms with van der Waals surface area (Å²) in [6, 6.07) is 10.8.